The lowest BCUT2D eigenvalue weighted by molar-refractivity contribution is 0.326. The highest BCUT2D eigenvalue weighted by molar-refractivity contribution is 5.70. The summed E-state index contributed by atoms with van der Waals surface area (Å²) in [6, 6.07) is 11.9. The summed E-state index contributed by atoms with van der Waals surface area (Å²) < 4.78 is 29.4. The number of hydrogen-bond donors (Lipinski definition) is 0. The summed E-state index contributed by atoms with van der Waals surface area (Å²) >= 11 is 0. The van der Waals surface area contributed by atoms with Gasteiger partial charge in [0.2, 0.25) is 0 Å². The average molecular weight is 311 g/mol. The standard InChI is InChI=1S/C18H14FNO3/c1-21-17-9-13(8-12-6-7-22-18(12)17)15-10-16(23-20-15)11-2-4-14(19)5-3-11/h2-5,8-10H,6-7H2,1H3. The molecule has 0 fully saturated rings. The normalized spacial score (nSPS) is 12.8. The van der Waals surface area contributed by atoms with Crippen LogP contribution in [-0.2, 0) is 6.42 Å². The molecule has 116 valence electrons. The molecule has 0 N–H and O–H groups in total. The fraction of sp³-hybridized carbons (Fsp3) is 0.167. The minimum absolute atomic E-state index is 0.281. The van der Waals surface area contributed by atoms with Crippen LogP contribution in [0.15, 0.2) is 47.0 Å². The molecule has 4 nitrogen and oxygen atoms in total. The molecule has 1 aliphatic rings. The summed E-state index contributed by atoms with van der Waals surface area (Å²) in [6.45, 7) is 0.661. The zero-order valence-corrected chi connectivity index (χ0v) is 12.5. The fourth-order valence-corrected chi connectivity index (χ4v) is 2.73. The number of fused-ring (bicyclic) bond motifs is 1. The molecular formula is C18H14FNO3. The van der Waals surface area contributed by atoms with Crippen molar-refractivity contribution in [3.63, 3.8) is 0 Å². The Kier molecular flexibility index (Phi) is 3.26. The van der Waals surface area contributed by atoms with E-state index in [1.165, 1.54) is 12.1 Å². The van der Waals surface area contributed by atoms with Crippen LogP contribution in [0.3, 0.4) is 0 Å². The van der Waals surface area contributed by atoms with Gasteiger partial charge in [-0.25, -0.2) is 4.39 Å². The van der Waals surface area contributed by atoms with Crippen molar-refractivity contribution in [1.82, 2.24) is 5.16 Å². The molecule has 4 rings (SSSR count). The van der Waals surface area contributed by atoms with Crippen LogP contribution in [0.4, 0.5) is 4.39 Å². The van der Waals surface area contributed by atoms with Crippen molar-refractivity contribution in [1.29, 1.82) is 0 Å². The quantitative estimate of drug-likeness (QED) is 0.731. The molecule has 0 amide bonds. The van der Waals surface area contributed by atoms with E-state index < -0.39 is 0 Å². The van der Waals surface area contributed by atoms with Crippen molar-refractivity contribution in [3.05, 3.63) is 53.8 Å². The Morgan fingerprint density at radius 2 is 1.91 bits per heavy atom. The van der Waals surface area contributed by atoms with Gasteiger partial charge in [-0.05, 0) is 36.4 Å². The topological polar surface area (TPSA) is 44.5 Å². The van der Waals surface area contributed by atoms with Crippen LogP contribution in [0.2, 0.25) is 0 Å². The third kappa shape index (κ3) is 2.44. The first-order valence-corrected chi connectivity index (χ1v) is 7.31. The van der Waals surface area contributed by atoms with Gasteiger partial charge in [-0.1, -0.05) is 5.16 Å². The zero-order chi connectivity index (χ0) is 15.8. The average Bonchev–Trinajstić information content (AvgIpc) is 3.23. The Hall–Kier alpha value is -2.82. The molecule has 0 radical (unpaired) electrons. The van der Waals surface area contributed by atoms with Gasteiger partial charge < -0.3 is 14.0 Å². The maximum Gasteiger partial charge on any atom is 0.167 e. The Balaban J connectivity index is 1.73. The van der Waals surface area contributed by atoms with Crippen molar-refractivity contribution in [2.75, 3.05) is 13.7 Å². The third-order valence-electron chi connectivity index (χ3n) is 3.90. The highest BCUT2D eigenvalue weighted by atomic mass is 19.1. The van der Waals surface area contributed by atoms with E-state index >= 15 is 0 Å². The summed E-state index contributed by atoms with van der Waals surface area (Å²) in [5, 5.41) is 4.12. The van der Waals surface area contributed by atoms with Crippen LogP contribution in [0, 0.1) is 5.82 Å². The van der Waals surface area contributed by atoms with Crippen LogP contribution in [0.25, 0.3) is 22.6 Å². The molecule has 0 spiro atoms. The summed E-state index contributed by atoms with van der Waals surface area (Å²) in [7, 11) is 1.62. The van der Waals surface area contributed by atoms with E-state index in [9.17, 15) is 4.39 Å². The molecule has 0 saturated carbocycles. The summed E-state index contributed by atoms with van der Waals surface area (Å²) in [5.74, 6) is 1.81. The molecule has 2 heterocycles. The SMILES string of the molecule is COc1cc(-c2cc(-c3ccc(F)cc3)on2)cc2c1OCC2. The lowest BCUT2D eigenvalue weighted by Crippen LogP contribution is -1.91. The Morgan fingerprint density at radius 1 is 1.09 bits per heavy atom. The van der Waals surface area contributed by atoms with Gasteiger partial charge in [0.05, 0.1) is 13.7 Å². The molecule has 0 unspecified atom stereocenters. The molecular weight excluding hydrogens is 297 g/mol. The highest BCUT2D eigenvalue weighted by Gasteiger charge is 2.20. The van der Waals surface area contributed by atoms with Gasteiger partial charge in [-0.15, -0.1) is 0 Å². The predicted octanol–water partition coefficient (Wildman–Crippen LogP) is 4.09. The predicted molar refractivity (Wildman–Crippen MR) is 83.1 cm³/mol. The van der Waals surface area contributed by atoms with Crippen LogP contribution < -0.4 is 9.47 Å². The van der Waals surface area contributed by atoms with E-state index in [2.05, 4.69) is 5.16 Å². The van der Waals surface area contributed by atoms with Gasteiger partial charge in [-0.3, -0.25) is 0 Å². The number of nitrogens with zero attached hydrogens (tertiary/aromatic N) is 1. The molecule has 0 bridgehead atoms. The Bertz CT molecular complexity index is 855. The first kappa shape index (κ1) is 13.8. The second kappa shape index (κ2) is 5.43. The van der Waals surface area contributed by atoms with Crippen molar-refractivity contribution in [2.45, 2.75) is 6.42 Å². The molecule has 0 atom stereocenters. The Labute approximate surface area is 132 Å². The second-order valence-electron chi connectivity index (χ2n) is 5.35. The largest absolute Gasteiger partial charge is 0.493 e. The number of ether oxygens (including phenoxy) is 2. The highest BCUT2D eigenvalue weighted by Crippen LogP contribution is 2.39. The first-order chi connectivity index (χ1) is 11.2. The van der Waals surface area contributed by atoms with Gasteiger partial charge in [-0.2, -0.15) is 0 Å². The van der Waals surface area contributed by atoms with Crippen LogP contribution in [0.1, 0.15) is 5.56 Å². The van der Waals surface area contributed by atoms with Crippen molar-refractivity contribution < 1.29 is 18.4 Å². The van der Waals surface area contributed by atoms with Gasteiger partial charge in [0.15, 0.2) is 17.3 Å². The smallest absolute Gasteiger partial charge is 0.167 e. The van der Waals surface area contributed by atoms with Crippen LogP contribution in [0.5, 0.6) is 11.5 Å². The van der Waals surface area contributed by atoms with Gasteiger partial charge >= 0.3 is 0 Å². The second-order valence-corrected chi connectivity index (χ2v) is 5.35. The molecule has 5 heteroatoms. The molecule has 1 aromatic heterocycles. The monoisotopic (exact) mass is 311 g/mol. The molecule has 23 heavy (non-hydrogen) atoms. The number of benzene rings is 2. The minimum Gasteiger partial charge on any atom is -0.493 e. The summed E-state index contributed by atoms with van der Waals surface area (Å²) in [6.07, 6.45) is 0.849. The van der Waals surface area contributed by atoms with Gasteiger partial charge in [0.1, 0.15) is 11.5 Å². The maximum absolute atomic E-state index is 13.0. The lowest BCUT2D eigenvalue weighted by atomic mass is 10.0. The van der Waals surface area contributed by atoms with Crippen molar-refractivity contribution in [3.8, 4) is 34.1 Å². The van der Waals surface area contributed by atoms with Gasteiger partial charge in [0, 0.05) is 29.2 Å². The zero-order valence-electron chi connectivity index (χ0n) is 12.5. The molecule has 2 aromatic carbocycles. The lowest BCUT2D eigenvalue weighted by Gasteiger charge is -2.08. The summed E-state index contributed by atoms with van der Waals surface area (Å²) in [4.78, 5) is 0. The van der Waals surface area contributed by atoms with Crippen LogP contribution in [-0.4, -0.2) is 18.9 Å². The van der Waals surface area contributed by atoms with Crippen LogP contribution >= 0.6 is 0 Å². The van der Waals surface area contributed by atoms with E-state index in [0.29, 0.717) is 23.8 Å². The molecule has 3 aromatic rings. The first-order valence-electron chi connectivity index (χ1n) is 7.31. The van der Waals surface area contributed by atoms with Gasteiger partial charge in [0.25, 0.3) is 0 Å². The van der Waals surface area contributed by atoms with E-state index in [1.807, 2.05) is 18.2 Å². The number of rotatable bonds is 3. The van der Waals surface area contributed by atoms with Crippen molar-refractivity contribution >= 4 is 0 Å². The number of halogens is 1. The Morgan fingerprint density at radius 3 is 2.70 bits per heavy atom. The molecule has 1 aliphatic heterocycles. The number of methoxy groups -OCH3 is 1. The fourth-order valence-electron chi connectivity index (χ4n) is 2.73. The molecule has 0 saturated heterocycles. The maximum atomic E-state index is 13.0. The number of aromatic nitrogens is 1. The molecule has 0 aliphatic carbocycles. The number of hydrogen-bond acceptors (Lipinski definition) is 4. The van der Waals surface area contributed by atoms with E-state index in [1.54, 1.807) is 19.2 Å². The minimum atomic E-state index is -0.281. The van der Waals surface area contributed by atoms with E-state index in [4.69, 9.17) is 14.0 Å². The van der Waals surface area contributed by atoms with Crippen molar-refractivity contribution in [2.24, 2.45) is 0 Å². The summed E-state index contributed by atoms with van der Waals surface area (Å²) in [5.41, 5.74) is 3.49. The van der Waals surface area contributed by atoms with E-state index in [-0.39, 0.29) is 5.82 Å². The third-order valence-corrected chi connectivity index (χ3v) is 3.90. The van der Waals surface area contributed by atoms with E-state index in [0.717, 1.165) is 28.9 Å².